The van der Waals surface area contributed by atoms with Crippen molar-refractivity contribution in [2.24, 2.45) is 5.73 Å². The predicted octanol–water partition coefficient (Wildman–Crippen LogP) is 3.56. The average Bonchev–Trinajstić information content (AvgIpc) is 3.15. The Hall–Kier alpha value is -1.39. The van der Waals surface area contributed by atoms with Crippen molar-refractivity contribution in [1.29, 1.82) is 0 Å². The van der Waals surface area contributed by atoms with Gasteiger partial charge in [0, 0.05) is 12.6 Å². The Morgan fingerprint density at radius 3 is 2.70 bits per heavy atom. The Labute approximate surface area is 123 Å². The van der Waals surface area contributed by atoms with E-state index in [0.717, 1.165) is 37.1 Å². The van der Waals surface area contributed by atoms with Crippen LogP contribution in [0, 0.1) is 5.82 Å². The molecule has 0 spiro atoms. The number of halogens is 1. The Kier molecular flexibility index (Phi) is 4.03. The first-order valence-electron chi connectivity index (χ1n) is 7.04. The Bertz CT molecular complexity index is 564. The number of anilines is 1. The molecule has 0 unspecified atom stereocenters. The SMILES string of the molecule is NCCc1ccc(N(Cc2ccsc2)C2CC2)c(F)c1. The van der Waals surface area contributed by atoms with Crippen molar-refractivity contribution in [2.75, 3.05) is 11.4 Å². The molecule has 1 aromatic heterocycles. The van der Waals surface area contributed by atoms with Crippen LogP contribution in [0.3, 0.4) is 0 Å². The Morgan fingerprint density at radius 1 is 1.25 bits per heavy atom. The molecule has 1 aliphatic carbocycles. The Balaban J connectivity index is 1.83. The molecule has 1 aromatic carbocycles. The van der Waals surface area contributed by atoms with Gasteiger partial charge in [0.2, 0.25) is 0 Å². The van der Waals surface area contributed by atoms with Crippen molar-refractivity contribution in [1.82, 2.24) is 0 Å². The van der Waals surface area contributed by atoms with Crippen molar-refractivity contribution in [2.45, 2.75) is 31.8 Å². The molecule has 1 aliphatic rings. The first-order chi connectivity index (χ1) is 9.78. The molecule has 1 heterocycles. The molecule has 0 atom stereocenters. The fraction of sp³-hybridized carbons (Fsp3) is 0.375. The minimum Gasteiger partial charge on any atom is -0.362 e. The number of rotatable bonds is 6. The van der Waals surface area contributed by atoms with Crippen molar-refractivity contribution in [3.8, 4) is 0 Å². The molecule has 0 bridgehead atoms. The second-order valence-electron chi connectivity index (χ2n) is 5.32. The molecule has 0 aliphatic heterocycles. The van der Waals surface area contributed by atoms with Gasteiger partial charge in [-0.1, -0.05) is 6.07 Å². The number of hydrogen-bond donors (Lipinski definition) is 1. The van der Waals surface area contributed by atoms with E-state index in [4.69, 9.17) is 5.73 Å². The normalized spacial score (nSPS) is 14.5. The number of benzene rings is 1. The van der Waals surface area contributed by atoms with Gasteiger partial charge < -0.3 is 10.6 Å². The van der Waals surface area contributed by atoms with E-state index < -0.39 is 0 Å². The summed E-state index contributed by atoms with van der Waals surface area (Å²) < 4.78 is 14.4. The second-order valence-corrected chi connectivity index (χ2v) is 6.10. The van der Waals surface area contributed by atoms with E-state index in [-0.39, 0.29) is 5.82 Å². The third-order valence-corrected chi connectivity index (χ3v) is 4.41. The van der Waals surface area contributed by atoms with E-state index in [9.17, 15) is 4.39 Å². The quantitative estimate of drug-likeness (QED) is 0.881. The van der Waals surface area contributed by atoms with Gasteiger partial charge >= 0.3 is 0 Å². The van der Waals surface area contributed by atoms with Crippen LogP contribution in [-0.4, -0.2) is 12.6 Å². The van der Waals surface area contributed by atoms with Crippen LogP contribution in [0.4, 0.5) is 10.1 Å². The molecular formula is C16H19FN2S. The maximum atomic E-state index is 14.4. The lowest BCUT2D eigenvalue weighted by molar-refractivity contribution is 0.612. The van der Waals surface area contributed by atoms with Crippen LogP contribution in [0.1, 0.15) is 24.0 Å². The largest absolute Gasteiger partial charge is 0.362 e. The third kappa shape index (κ3) is 3.02. The second kappa shape index (κ2) is 5.94. The summed E-state index contributed by atoms with van der Waals surface area (Å²) >= 11 is 1.69. The number of nitrogens with zero attached hydrogens (tertiary/aromatic N) is 1. The predicted molar refractivity (Wildman–Crippen MR) is 82.7 cm³/mol. The van der Waals surface area contributed by atoms with Crippen molar-refractivity contribution in [3.05, 3.63) is 52.0 Å². The third-order valence-electron chi connectivity index (χ3n) is 3.68. The lowest BCUT2D eigenvalue weighted by Crippen LogP contribution is -2.25. The van der Waals surface area contributed by atoms with Crippen molar-refractivity contribution < 1.29 is 4.39 Å². The molecule has 2 aromatic rings. The first-order valence-corrected chi connectivity index (χ1v) is 7.98. The highest BCUT2D eigenvalue weighted by Gasteiger charge is 2.30. The maximum Gasteiger partial charge on any atom is 0.146 e. The van der Waals surface area contributed by atoms with E-state index >= 15 is 0 Å². The minimum absolute atomic E-state index is 0.127. The van der Waals surface area contributed by atoms with E-state index in [2.05, 4.69) is 21.7 Å². The zero-order valence-corrected chi connectivity index (χ0v) is 12.2. The highest BCUT2D eigenvalue weighted by atomic mass is 32.1. The van der Waals surface area contributed by atoms with Gasteiger partial charge in [0.25, 0.3) is 0 Å². The minimum atomic E-state index is -0.127. The highest BCUT2D eigenvalue weighted by Crippen LogP contribution is 2.35. The Morgan fingerprint density at radius 2 is 2.10 bits per heavy atom. The molecule has 106 valence electrons. The standard InChI is InChI=1S/C16H19FN2S/c17-15-9-12(5-7-18)1-4-16(15)19(14-2-3-14)10-13-6-8-20-11-13/h1,4,6,8-9,11,14H,2-3,5,7,10,18H2. The summed E-state index contributed by atoms with van der Waals surface area (Å²) in [5, 5.41) is 4.21. The highest BCUT2D eigenvalue weighted by molar-refractivity contribution is 7.07. The van der Waals surface area contributed by atoms with Crippen LogP contribution in [-0.2, 0) is 13.0 Å². The monoisotopic (exact) mass is 290 g/mol. The first kappa shape index (κ1) is 13.6. The summed E-state index contributed by atoms with van der Waals surface area (Å²) in [4.78, 5) is 2.20. The number of hydrogen-bond acceptors (Lipinski definition) is 3. The van der Waals surface area contributed by atoms with Crippen LogP contribution in [0.15, 0.2) is 35.0 Å². The fourth-order valence-electron chi connectivity index (χ4n) is 2.48. The molecule has 0 amide bonds. The van der Waals surface area contributed by atoms with Gasteiger partial charge in [-0.25, -0.2) is 4.39 Å². The molecule has 3 rings (SSSR count). The molecule has 1 fully saturated rings. The van der Waals surface area contributed by atoms with Gasteiger partial charge in [0.15, 0.2) is 0 Å². The maximum absolute atomic E-state index is 14.4. The lowest BCUT2D eigenvalue weighted by atomic mass is 10.1. The summed E-state index contributed by atoms with van der Waals surface area (Å²) in [6, 6.07) is 8.13. The fourth-order valence-corrected chi connectivity index (χ4v) is 3.14. The summed E-state index contributed by atoms with van der Waals surface area (Å²) in [7, 11) is 0. The summed E-state index contributed by atoms with van der Waals surface area (Å²) in [5.41, 5.74) is 8.48. The zero-order chi connectivity index (χ0) is 13.9. The van der Waals surface area contributed by atoms with Crippen LogP contribution in [0.25, 0.3) is 0 Å². The van der Waals surface area contributed by atoms with Crippen LogP contribution < -0.4 is 10.6 Å². The number of thiophene rings is 1. The molecular weight excluding hydrogens is 271 g/mol. The summed E-state index contributed by atoms with van der Waals surface area (Å²) in [5.74, 6) is -0.127. The van der Waals surface area contributed by atoms with E-state index in [1.165, 1.54) is 5.56 Å². The lowest BCUT2D eigenvalue weighted by Gasteiger charge is -2.25. The molecule has 2 nitrogen and oxygen atoms in total. The van der Waals surface area contributed by atoms with Crippen LogP contribution in [0.5, 0.6) is 0 Å². The van der Waals surface area contributed by atoms with Crippen LogP contribution in [0.2, 0.25) is 0 Å². The molecule has 4 heteroatoms. The molecule has 1 saturated carbocycles. The topological polar surface area (TPSA) is 29.3 Å². The molecule has 0 saturated heterocycles. The molecule has 0 radical (unpaired) electrons. The number of nitrogens with two attached hydrogens (primary N) is 1. The molecule has 2 N–H and O–H groups in total. The van der Waals surface area contributed by atoms with Crippen LogP contribution >= 0.6 is 11.3 Å². The van der Waals surface area contributed by atoms with Gasteiger partial charge in [-0.05, 0) is 65.9 Å². The smallest absolute Gasteiger partial charge is 0.146 e. The van der Waals surface area contributed by atoms with Crippen molar-refractivity contribution >= 4 is 17.0 Å². The van der Waals surface area contributed by atoms with E-state index in [0.29, 0.717) is 12.6 Å². The van der Waals surface area contributed by atoms with Gasteiger partial charge in [-0.3, -0.25) is 0 Å². The average molecular weight is 290 g/mol. The van der Waals surface area contributed by atoms with Gasteiger partial charge in [-0.2, -0.15) is 11.3 Å². The van der Waals surface area contributed by atoms with Gasteiger partial charge in [0.1, 0.15) is 5.82 Å². The van der Waals surface area contributed by atoms with E-state index in [1.807, 2.05) is 12.1 Å². The molecule has 20 heavy (non-hydrogen) atoms. The van der Waals surface area contributed by atoms with Gasteiger partial charge in [-0.15, -0.1) is 0 Å². The van der Waals surface area contributed by atoms with Gasteiger partial charge in [0.05, 0.1) is 5.69 Å². The zero-order valence-electron chi connectivity index (χ0n) is 11.4. The van der Waals surface area contributed by atoms with Crippen molar-refractivity contribution in [3.63, 3.8) is 0 Å². The summed E-state index contributed by atoms with van der Waals surface area (Å²) in [6.45, 7) is 1.35. The summed E-state index contributed by atoms with van der Waals surface area (Å²) in [6.07, 6.45) is 3.05. The van der Waals surface area contributed by atoms with E-state index in [1.54, 1.807) is 17.4 Å².